The summed E-state index contributed by atoms with van der Waals surface area (Å²) in [4.78, 5) is 4.10. The highest BCUT2D eigenvalue weighted by atomic mass is 16.3. The minimum absolute atomic E-state index is 0.0146. The molecule has 0 fully saturated rings. The van der Waals surface area contributed by atoms with Gasteiger partial charge in [0.05, 0.1) is 6.61 Å². The molecule has 0 radical (unpaired) electrons. The molecule has 1 aromatic heterocycles. The van der Waals surface area contributed by atoms with Gasteiger partial charge in [-0.3, -0.25) is 0 Å². The van der Waals surface area contributed by atoms with E-state index in [2.05, 4.69) is 4.98 Å². The number of nitrogens with two attached hydrogens (primary N) is 1. The van der Waals surface area contributed by atoms with Crippen molar-refractivity contribution < 1.29 is 5.11 Å². The van der Waals surface area contributed by atoms with E-state index in [9.17, 15) is 0 Å². The third-order valence-corrected chi connectivity index (χ3v) is 2.21. The monoisotopic (exact) mass is 183 g/mol. The van der Waals surface area contributed by atoms with Gasteiger partial charge >= 0.3 is 0 Å². The fraction of sp³-hybridized carbons (Fsp3) is 0.667. The van der Waals surface area contributed by atoms with Gasteiger partial charge in [-0.2, -0.15) is 0 Å². The van der Waals surface area contributed by atoms with Crippen LogP contribution < -0.4 is 5.73 Å². The number of hydrogen-bond acceptors (Lipinski definition) is 3. The van der Waals surface area contributed by atoms with Gasteiger partial charge in [0, 0.05) is 24.5 Å². The maximum Gasteiger partial charge on any atom is 0.105 e. The number of imidazole rings is 1. The lowest BCUT2D eigenvalue weighted by atomic mass is 10.0. The van der Waals surface area contributed by atoms with E-state index < -0.39 is 5.54 Å². The third-order valence-electron chi connectivity index (χ3n) is 2.21. The van der Waals surface area contributed by atoms with Crippen LogP contribution in [-0.2, 0) is 6.54 Å². The van der Waals surface area contributed by atoms with Crippen LogP contribution in [0, 0.1) is 6.92 Å². The van der Waals surface area contributed by atoms with Gasteiger partial charge in [0.2, 0.25) is 0 Å². The molecule has 1 aromatic rings. The second-order valence-electron chi connectivity index (χ2n) is 3.73. The zero-order valence-electron chi connectivity index (χ0n) is 8.20. The quantitative estimate of drug-likeness (QED) is 0.705. The topological polar surface area (TPSA) is 64.1 Å². The van der Waals surface area contributed by atoms with Crippen LogP contribution in [0.3, 0.4) is 0 Å². The Morgan fingerprint density at radius 3 is 2.85 bits per heavy atom. The molecule has 0 bridgehead atoms. The van der Waals surface area contributed by atoms with E-state index >= 15 is 0 Å². The number of nitrogens with zero attached hydrogens (tertiary/aromatic N) is 2. The van der Waals surface area contributed by atoms with Crippen molar-refractivity contribution in [3.05, 3.63) is 18.2 Å². The fourth-order valence-electron chi connectivity index (χ4n) is 1.09. The highest BCUT2D eigenvalue weighted by Crippen LogP contribution is 2.07. The van der Waals surface area contributed by atoms with Crippen LogP contribution >= 0.6 is 0 Å². The van der Waals surface area contributed by atoms with Crippen molar-refractivity contribution in [3.63, 3.8) is 0 Å². The average molecular weight is 183 g/mol. The number of rotatable bonds is 4. The van der Waals surface area contributed by atoms with Crippen LogP contribution in [0.15, 0.2) is 12.4 Å². The zero-order valence-corrected chi connectivity index (χ0v) is 8.20. The number of aromatic nitrogens is 2. The molecular formula is C9H17N3O. The minimum atomic E-state index is -0.489. The number of hydrogen-bond donors (Lipinski definition) is 2. The standard InChI is InChI=1S/C9H17N3O/c1-8-11-4-6-12(8)5-3-9(2,10)7-13/h4,6,13H,3,5,7,10H2,1-2H3. The first kappa shape index (κ1) is 10.2. The molecule has 0 aliphatic carbocycles. The van der Waals surface area contributed by atoms with Gasteiger partial charge in [-0.25, -0.2) is 4.98 Å². The molecule has 4 nitrogen and oxygen atoms in total. The summed E-state index contributed by atoms with van der Waals surface area (Å²) in [5, 5.41) is 8.94. The summed E-state index contributed by atoms with van der Waals surface area (Å²) >= 11 is 0. The van der Waals surface area contributed by atoms with Gasteiger partial charge in [0.15, 0.2) is 0 Å². The molecule has 0 aliphatic rings. The molecule has 1 heterocycles. The molecule has 3 N–H and O–H groups in total. The lowest BCUT2D eigenvalue weighted by molar-refractivity contribution is 0.195. The Balaban J connectivity index is 2.48. The largest absolute Gasteiger partial charge is 0.394 e. The van der Waals surface area contributed by atoms with Crippen molar-refractivity contribution in [2.45, 2.75) is 32.4 Å². The molecule has 74 valence electrons. The summed E-state index contributed by atoms with van der Waals surface area (Å²) in [5.41, 5.74) is 5.31. The molecule has 0 saturated carbocycles. The first-order valence-corrected chi connectivity index (χ1v) is 4.43. The van der Waals surface area contributed by atoms with E-state index in [1.54, 1.807) is 6.20 Å². The summed E-state index contributed by atoms with van der Waals surface area (Å²) in [6.07, 6.45) is 4.44. The maximum absolute atomic E-state index is 8.94. The van der Waals surface area contributed by atoms with Crippen LogP contribution in [0.4, 0.5) is 0 Å². The molecule has 1 rings (SSSR count). The highest BCUT2D eigenvalue weighted by Gasteiger charge is 2.16. The summed E-state index contributed by atoms with van der Waals surface area (Å²) in [7, 11) is 0. The average Bonchev–Trinajstić information content (AvgIpc) is 2.48. The van der Waals surface area contributed by atoms with Gasteiger partial charge in [-0.05, 0) is 20.3 Å². The highest BCUT2D eigenvalue weighted by molar-refractivity contribution is 4.89. The van der Waals surface area contributed by atoms with Gasteiger partial charge < -0.3 is 15.4 Å². The normalized spacial score (nSPS) is 15.7. The number of aryl methyl sites for hydroxylation is 2. The Labute approximate surface area is 78.4 Å². The molecule has 0 aromatic carbocycles. The first-order valence-electron chi connectivity index (χ1n) is 4.43. The Hall–Kier alpha value is -0.870. The summed E-state index contributed by atoms with van der Waals surface area (Å²) in [6.45, 7) is 4.62. The van der Waals surface area contributed by atoms with Gasteiger partial charge in [0.25, 0.3) is 0 Å². The van der Waals surface area contributed by atoms with Gasteiger partial charge in [-0.1, -0.05) is 0 Å². The SMILES string of the molecule is Cc1nccn1CCC(C)(N)CO. The number of aliphatic hydroxyl groups is 1. The van der Waals surface area contributed by atoms with Crippen LogP contribution in [-0.4, -0.2) is 26.8 Å². The maximum atomic E-state index is 8.94. The third kappa shape index (κ3) is 2.82. The van der Waals surface area contributed by atoms with Crippen LogP contribution in [0.1, 0.15) is 19.2 Å². The molecule has 0 amide bonds. The summed E-state index contributed by atoms with van der Waals surface area (Å²) in [5.74, 6) is 0.980. The van der Waals surface area contributed by atoms with Crippen LogP contribution in [0.25, 0.3) is 0 Å². The van der Waals surface area contributed by atoms with Crippen LogP contribution in [0.5, 0.6) is 0 Å². The van der Waals surface area contributed by atoms with Crippen molar-refractivity contribution in [2.24, 2.45) is 5.73 Å². The van der Waals surface area contributed by atoms with Crippen molar-refractivity contribution in [1.29, 1.82) is 0 Å². The van der Waals surface area contributed by atoms with Crippen molar-refractivity contribution in [1.82, 2.24) is 9.55 Å². The Morgan fingerprint density at radius 1 is 1.69 bits per heavy atom. The molecule has 0 spiro atoms. The van der Waals surface area contributed by atoms with E-state index in [0.717, 1.165) is 18.8 Å². The van der Waals surface area contributed by atoms with Crippen molar-refractivity contribution in [2.75, 3.05) is 6.61 Å². The second-order valence-corrected chi connectivity index (χ2v) is 3.73. The van der Waals surface area contributed by atoms with Crippen molar-refractivity contribution >= 4 is 0 Å². The Kier molecular flexibility index (Phi) is 3.06. The smallest absolute Gasteiger partial charge is 0.105 e. The molecule has 1 unspecified atom stereocenters. The molecule has 0 saturated heterocycles. The van der Waals surface area contributed by atoms with Crippen LogP contribution in [0.2, 0.25) is 0 Å². The lowest BCUT2D eigenvalue weighted by Crippen LogP contribution is -2.41. The van der Waals surface area contributed by atoms with E-state index in [4.69, 9.17) is 10.8 Å². The minimum Gasteiger partial charge on any atom is -0.394 e. The summed E-state index contributed by atoms with van der Waals surface area (Å²) in [6, 6.07) is 0. The first-order chi connectivity index (χ1) is 6.05. The molecular weight excluding hydrogens is 166 g/mol. The zero-order chi connectivity index (χ0) is 9.90. The van der Waals surface area contributed by atoms with Crippen molar-refractivity contribution in [3.8, 4) is 0 Å². The number of aliphatic hydroxyl groups excluding tert-OH is 1. The Bertz CT molecular complexity index is 268. The van der Waals surface area contributed by atoms with E-state index in [-0.39, 0.29) is 6.61 Å². The summed E-state index contributed by atoms with van der Waals surface area (Å²) < 4.78 is 2.03. The molecule has 4 heteroatoms. The molecule has 1 atom stereocenters. The van der Waals surface area contributed by atoms with E-state index in [1.165, 1.54) is 0 Å². The molecule has 0 aliphatic heterocycles. The predicted molar refractivity (Wildman–Crippen MR) is 51.3 cm³/mol. The lowest BCUT2D eigenvalue weighted by Gasteiger charge is -2.21. The van der Waals surface area contributed by atoms with E-state index in [1.807, 2.05) is 24.6 Å². The predicted octanol–water partition coefficient (Wildman–Crippen LogP) is 0.291. The van der Waals surface area contributed by atoms with E-state index in [0.29, 0.717) is 0 Å². The molecule has 13 heavy (non-hydrogen) atoms. The fourth-order valence-corrected chi connectivity index (χ4v) is 1.09. The second kappa shape index (κ2) is 3.89. The van der Waals surface area contributed by atoms with Gasteiger partial charge in [-0.15, -0.1) is 0 Å². The van der Waals surface area contributed by atoms with Gasteiger partial charge in [0.1, 0.15) is 5.82 Å². The Morgan fingerprint density at radius 2 is 2.38 bits per heavy atom.